The summed E-state index contributed by atoms with van der Waals surface area (Å²) in [4.78, 5) is 0. The summed E-state index contributed by atoms with van der Waals surface area (Å²) in [6.45, 7) is 2.07. The molecule has 19 heavy (non-hydrogen) atoms. The average Bonchev–Trinajstić information content (AvgIpc) is 2.41. The minimum absolute atomic E-state index is 0.142. The van der Waals surface area contributed by atoms with Crippen LogP contribution in [0.25, 0.3) is 0 Å². The van der Waals surface area contributed by atoms with Gasteiger partial charge in [0.15, 0.2) is 0 Å². The van der Waals surface area contributed by atoms with Crippen molar-refractivity contribution in [3.63, 3.8) is 0 Å². The van der Waals surface area contributed by atoms with Gasteiger partial charge >= 0.3 is 0 Å². The summed E-state index contributed by atoms with van der Waals surface area (Å²) < 4.78 is 1.06. The normalized spacial score (nSPS) is 11.6. The van der Waals surface area contributed by atoms with Crippen molar-refractivity contribution in [2.75, 3.05) is 11.1 Å². The highest BCUT2D eigenvalue weighted by Crippen LogP contribution is 2.25. The van der Waals surface area contributed by atoms with Crippen molar-refractivity contribution < 1.29 is 0 Å². The first-order valence-corrected chi connectivity index (χ1v) is 6.71. The van der Waals surface area contributed by atoms with Crippen molar-refractivity contribution in [3.8, 4) is 6.07 Å². The van der Waals surface area contributed by atoms with Crippen LogP contribution in [0.5, 0.6) is 0 Å². The zero-order valence-electron chi connectivity index (χ0n) is 10.5. The molecule has 3 nitrogen and oxygen atoms in total. The Balaban J connectivity index is 2.17. The summed E-state index contributed by atoms with van der Waals surface area (Å²) in [5.74, 6) is 0. The molecular weight excluding hydrogens is 302 g/mol. The maximum atomic E-state index is 8.81. The van der Waals surface area contributed by atoms with Gasteiger partial charge in [0.2, 0.25) is 0 Å². The van der Waals surface area contributed by atoms with E-state index in [-0.39, 0.29) is 6.04 Å². The number of nitrogens with one attached hydrogen (secondary N) is 1. The molecule has 0 saturated heterocycles. The third-order valence-electron chi connectivity index (χ3n) is 2.92. The summed E-state index contributed by atoms with van der Waals surface area (Å²) in [6, 6.07) is 15.6. The van der Waals surface area contributed by atoms with E-state index in [0.717, 1.165) is 10.2 Å². The van der Waals surface area contributed by atoms with Crippen LogP contribution in [-0.2, 0) is 0 Å². The van der Waals surface area contributed by atoms with Gasteiger partial charge in [-0.1, -0.05) is 28.1 Å². The summed E-state index contributed by atoms with van der Waals surface area (Å²) in [6.07, 6.45) is 0. The number of benzene rings is 2. The van der Waals surface area contributed by atoms with E-state index in [4.69, 9.17) is 11.0 Å². The lowest BCUT2D eigenvalue weighted by molar-refractivity contribution is 0.885. The second-order valence-electron chi connectivity index (χ2n) is 4.33. The molecule has 0 fully saturated rings. The predicted octanol–water partition coefficient (Wildman–Crippen LogP) is 4.08. The average molecular weight is 316 g/mol. The molecule has 1 unspecified atom stereocenters. The largest absolute Gasteiger partial charge is 0.397 e. The monoisotopic (exact) mass is 315 g/mol. The summed E-state index contributed by atoms with van der Waals surface area (Å²) in [5, 5.41) is 12.2. The first kappa shape index (κ1) is 13.4. The Kier molecular flexibility index (Phi) is 4.08. The molecule has 4 heteroatoms. The van der Waals surface area contributed by atoms with E-state index in [1.54, 1.807) is 12.1 Å². The molecule has 0 aliphatic heterocycles. The molecular formula is C15H14BrN3. The summed E-state index contributed by atoms with van der Waals surface area (Å²) in [5.41, 5.74) is 9.10. The molecule has 0 aliphatic rings. The molecule has 2 aromatic carbocycles. The number of hydrogen-bond acceptors (Lipinski definition) is 3. The number of nitrogens with two attached hydrogens (primary N) is 1. The molecule has 0 heterocycles. The number of nitriles is 1. The molecule has 0 bridgehead atoms. The molecule has 0 radical (unpaired) electrons. The number of hydrogen-bond donors (Lipinski definition) is 2. The highest BCUT2D eigenvalue weighted by Gasteiger charge is 2.07. The van der Waals surface area contributed by atoms with E-state index < -0.39 is 0 Å². The van der Waals surface area contributed by atoms with Crippen LogP contribution in [0.2, 0.25) is 0 Å². The van der Waals surface area contributed by atoms with Crippen molar-refractivity contribution >= 4 is 27.3 Å². The van der Waals surface area contributed by atoms with Crippen LogP contribution >= 0.6 is 15.9 Å². The van der Waals surface area contributed by atoms with Crippen molar-refractivity contribution in [1.29, 1.82) is 5.26 Å². The third-order valence-corrected chi connectivity index (χ3v) is 3.45. The van der Waals surface area contributed by atoms with Crippen molar-refractivity contribution in [3.05, 3.63) is 58.1 Å². The van der Waals surface area contributed by atoms with Gasteiger partial charge in [0.1, 0.15) is 0 Å². The standard InChI is InChI=1S/C15H14BrN3/c1-10(12-3-5-13(16)6-4-12)19-15-7-2-11(9-17)8-14(15)18/h2-8,10,19H,18H2,1H3. The van der Waals surface area contributed by atoms with Gasteiger partial charge in [0.25, 0.3) is 0 Å². The first-order chi connectivity index (χ1) is 9.10. The maximum absolute atomic E-state index is 8.81. The first-order valence-electron chi connectivity index (χ1n) is 5.92. The smallest absolute Gasteiger partial charge is 0.0992 e. The van der Waals surface area contributed by atoms with Gasteiger partial charge in [-0.15, -0.1) is 0 Å². The van der Waals surface area contributed by atoms with Crippen molar-refractivity contribution in [2.45, 2.75) is 13.0 Å². The number of halogens is 1. The van der Waals surface area contributed by atoms with Crippen LogP contribution in [0.1, 0.15) is 24.1 Å². The molecule has 2 aromatic rings. The van der Waals surface area contributed by atoms with Gasteiger partial charge in [-0.25, -0.2) is 0 Å². The summed E-state index contributed by atoms with van der Waals surface area (Å²) >= 11 is 3.42. The second kappa shape index (κ2) is 5.77. The molecule has 3 N–H and O–H groups in total. The lowest BCUT2D eigenvalue weighted by atomic mass is 10.1. The maximum Gasteiger partial charge on any atom is 0.0992 e. The molecule has 0 saturated carbocycles. The topological polar surface area (TPSA) is 61.8 Å². The lowest BCUT2D eigenvalue weighted by Crippen LogP contribution is -2.08. The lowest BCUT2D eigenvalue weighted by Gasteiger charge is -2.17. The third kappa shape index (κ3) is 3.27. The van der Waals surface area contributed by atoms with Crippen LogP contribution in [0.4, 0.5) is 11.4 Å². The highest BCUT2D eigenvalue weighted by atomic mass is 79.9. The fraction of sp³-hybridized carbons (Fsp3) is 0.133. The Morgan fingerprint density at radius 2 is 1.89 bits per heavy atom. The molecule has 2 rings (SSSR count). The Bertz CT molecular complexity index is 614. The van der Waals surface area contributed by atoms with E-state index in [9.17, 15) is 0 Å². The number of nitrogen functional groups attached to an aromatic ring is 1. The number of rotatable bonds is 3. The van der Waals surface area contributed by atoms with Crippen molar-refractivity contribution in [2.24, 2.45) is 0 Å². The Labute approximate surface area is 121 Å². The minimum atomic E-state index is 0.142. The Hall–Kier alpha value is -1.99. The number of anilines is 2. The second-order valence-corrected chi connectivity index (χ2v) is 5.25. The van der Waals surface area contributed by atoms with Gasteiger partial charge in [-0.2, -0.15) is 5.26 Å². The van der Waals surface area contributed by atoms with Gasteiger partial charge in [-0.05, 0) is 42.8 Å². The fourth-order valence-electron chi connectivity index (χ4n) is 1.83. The number of nitrogens with zero attached hydrogens (tertiary/aromatic N) is 1. The molecule has 1 atom stereocenters. The minimum Gasteiger partial charge on any atom is -0.397 e. The predicted molar refractivity (Wildman–Crippen MR) is 81.7 cm³/mol. The van der Waals surface area contributed by atoms with Crippen LogP contribution < -0.4 is 11.1 Å². The Morgan fingerprint density at radius 3 is 2.47 bits per heavy atom. The van der Waals surface area contributed by atoms with Gasteiger partial charge in [0, 0.05) is 10.5 Å². The van der Waals surface area contributed by atoms with E-state index in [1.165, 1.54) is 5.56 Å². The SMILES string of the molecule is CC(Nc1ccc(C#N)cc1N)c1ccc(Br)cc1. The quantitative estimate of drug-likeness (QED) is 0.839. The van der Waals surface area contributed by atoms with Gasteiger partial charge in [-0.3, -0.25) is 0 Å². The van der Waals surface area contributed by atoms with E-state index >= 15 is 0 Å². The van der Waals surface area contributed by atoms with E-state index in [0.29, 0.717) is 11.3 Å². The molecule has 0 amide bonds. The van der Waals surface area contributed by atoms with Crippen molar-refractivity contribution in [1.82, 2.24) is 0 Å². The van der Waals surface area contributed by atoms with Crippen LogP contribution in [0.15, 0.2) is 46.9 Å². The van der Waals surface area contributed by atoms with Crippen LogP contribution in [-0.4, -0.2) is 0 Å². The molecule has 96 valence electrons. The highest BCUT2D eigenvalue weighted by molar-refractivity contribution is 9.10. The molecule has 0 spiro atoms. The van der Waals surface area contributed by atoms with E-state index in [2.05, 4.69) is 46.4 Å². The summed E-state index contributed by atoms with van der Waals surface area (Å²) in [7, 11) is 0. The molecule has 0 aromatic heterocycles. The van der Waals surface area contributed by atoms with Crippen LogP contribution in [0.3, 0.4) is 0 Å². The van der Waals surface area contributed by atoms with E-state index in [1.807, 2.05) is 18.2 Å². The fourth-order valence-corrected chi connectivity index (χ4v) is 2.10. The van der Waals surface area contributed by atoms with Gasteiger partial charge in [0.05, 0.1) is 23.0 Å². The van der Waals surface area contributed by atoms with Gasteiger partial charge < -0.3 is 11.1 Å². The Morgan fingerprint density at radius 1 is 1.21 bits per heavy atom. The zero-order valence-corrected chi connectivity index (χ0v) is 12.1. The zero-order chi connectivity index (χ0) is 13.8. The van der Waals surface area contributed by atoms with Crippen LogP contribution in [0, 0.1) is 11.3 Å². The molecule has 0 aliphatic carbocycles.